The lowest BCUT2D eigenvalue weighted by Gasteiger charge is -2.53. The molecule has 0 spiro atoms. The van der Waals surface area contributed by atoms with Crippen molar-refractivity contribution in [1.82, 2.24) is 15.2 Å². The van der Waals surface area contributed by atoms with Crippen LogP contribution in [-0.2, 0) is 0 Å². The Morgan fingerprint density at radius 3 is 3.04 bits per heavy atom. The van der Waals surface area contributed by atoms with Crippen molar-refractivity contribution in [1.29, 1.82) is 0 Å². The van der Waals surface area contributed by atoms with Gasteiger partial charge in [-0.25, -0.2) is 4.98 Å². The van der Waals surface area contributed by atoms with Crippen LogP contribution in [0.1, 0.15) is 29.6 Å². The fourth-order valence-electron chi connectivity index (χ4n) is 4.17. The van der Waals surface area contributed by atoms with Crippen molar-refractivity contribution in [3.63, 3.8) is 0 Å². The summed E-state index contributed by atoms with van der Waals surface area (Å²) >= 11 is 0. The molecule has 0 unspecified atom stereocenters. The normalized spacial score (nSPS) is 28.3. The quantitative estimate of drug-likeness (QED) is 0.860. The van der Waals surface area contributed by atoms with Crippen molar-refractivity contribution in [2.75, 3.05) is 45.2 Å². The molecule has 0 bridgehead atoms. The van der Waals surface area contributed by atoms with Gasteiger partial charge in [0.2, 0.25) is 0 Å². The Labute approximate surface area is 137 Å². The Bertz CT molecular complexity index is 579. The van der Waals surface area contributed by atoms with Gasteiger partial charge in [-0.2, -0.15) is 0 Å². The van der Waals surface area contributed by atoms with Gasteiger partial charge in [0.15, 0.2) is 0 Å². The molecular formula is C17H26N4O2. The second-order valence-corrected chi connectivity index (χ2v) is 6.77. The van der Waals surface area contributed by atoms with Gasteiger partial charge < -0.3 is 20.2 Å². The third-order valence-electron chi connectivity index (χ3n) is 5.57. The number of aliphatic hydroxyl groups is 1. The van der Waals surface area contributed by atoms with Crippen LogP contribution in [0.3, 0.4) is 0 Å². The van der Waals surface area contributed by atoms with Crippen LogP contribution in [0.2, 0.25) is 0 Å². The highest BCUT2D eigenvalue weighted by atomic mass is 16.3. The maximum Gasteiger partial charge on any atom is 0.254 e. The van der Waals surface area contributed by atoms with Crippen molar-refractivity contribution >= 4 is 11.7 Å². The molecule has 3 rings (SSSR count). The number of amides is 1. The number of carbonyl (C=O) groups is 1. The van der Waals surface area contributed by atoms with Crippen LogP contribution in [0.15, 0.2) is 18.3 Å². The SMILES string of the molecule is CNC(=O)c1cccnc1N1CC[C@@]2(CO)CCCN(C)[C@@H]2C1. The van der Waals surface area contributed by atoms with Gasteiger partial charge in [0.25, 0.3) is 5.91 Å². The summed E-state index contributed by atoms with van der Waals surface area (Å²) < 4.78 is 0. The molecule has 0 radical (unpaired) electrons. The summed E-state index contributed by atoms with van der Waals surface area (Å²) in [6, 6.07) is 3.91. The molecule has 23 heavy (non-hydrogen) atoms. The number of carbonyl (C=O) groups excluding carboxylic acids is 1. The number of fused-ring (bicyclic) bond motifs is 1. The van der Waals surface area contributed by atoms with E-state index >= 15 is 0 Å². The summed E-state index contributed by atoms with van der Waals surface area (Å²) in [6.45, 7) is 2.93. The number of piperidine rings is 2. The number of hydrogen-bond acceptors (Lipinski definition) is 5. The molecule has 2 fully saturated rings. The summed E-state index contributed by atoms with van der Waals surface area (Å²) in [7, 11) is 3.77. The molecule has 3 heterocycles. The predicted molar refractivity (Wildman–Crippen MR) is 89.6 cm³/mol. The first-order valence-corrected chi connectivity index (χ1v) is 8.34. The molecular weight excluding hydrogens is 292 g/mol. The van der Waals surface area contributed by atoms with Gasteiger partial charge in [0, 0.05) is 37.8 Å². The molecule has 6 nitrogen and oxygen atoms in total. The monoisotopic (exact) mass is 318 g/mol. The molecule has 2 aliphatic rings. The number of nitrogens with zero attached hydrogens (tertiary/aromatic N) is 3. The van der Waals surface area contributed by atoms with Crippen LogP contribution < -0.4 is 10.2 Å². The highest BCUT2D eigenvalue weighted by molar-refractivity contribution is 5.98. The topological polar surface area (TPSA) is 68.7 Å². The van der Waals surface area contributed by atoms with Gasteiger partial charge in [-0.15, -0.1) is 0 Å². The number of likely N-dealkylation sites (N-methyl/N-ethyl adjacent to an activating group) is 1. The van der Waals surface area contributed by atoms with Crippen molar-refractivity contribution in [3.05, 3.63) is 23.9 Å². The molecule has 0 aliphatic carbocycles. The first-order chi connectivity index (χ1) is 11.1. The van der Waals surface area contributed by atoms with E-state index in [1.807, 2.05) is 6.07 Å². The molecule has 0 saturated carbocycles. The number of nitrogens with one attached hydrogen (secondary N) is 1. The second kappa shape index (κ2) is 6.45. The maximum atomic E-state index is 12.1. The molecule has 126 valence electrons. The van der Waals surface area contributed by atoms with E-state index in [9.17, 15) is 9.90 Å². The highest BCUT2D eigenvalue weighted by Crippen LogP contribution is 2.42. The van der Waals surface area contributed by atoms with E-state index < -0.39 is 0 Å². The molecule has 6 heteroatoms. The van der Waals surface area contributed by atoms with E-state index in [2.05, 4.69) is 27.1 Å². The van der Waals surface area contributed by atoms with Crippen LogP contribution in [0.25, 0.3) is 0 Å². The van der Waals surface area contributed by atoms with Crippen LogP contribution in [-0.4, -0.2) is 67.3 Å². The minimum absolute atomic E-state index is 0.00847. The molecule has 2 atom stereocenters. The number of pyridine rings is 1. The largest absolute Gasteiger partial charge is 0.396 e. The molecule has 2 N–H and O–H groups in total. The number of aliphatic hydroxyl groups excluding tert-OH is 1. The van der Waals surface area contributed by atoms with E-state index in [-0.39, 0.29) is 17.9 Å². The van der Waals surface area contributed by atoms with E-state index in [4.69, 9.17) is 0 Å². The second-order valence-electron chi connectivity index (χ2n) is 6.77. The Morgan fingerprint density at radius 1 is 1.48 bits per heavy atom. The van der Waals surface area contributed by atoms with Gasteiger partial charge >= 0.3 is 0 Å². The maximum absolute atomic E-state index is 12.1. The molecule has 0 aromatic carbocycles. The number of anilines is 1. The number of aromatic nitrogens is 1. The lowest BCUT2D eigenvalue weighted by atomic mass is 9.69. The standard InChI is InChI=1S/C17H26N4O2/c1-18-16(23)13-5-3-8-19-15(13)21-10-7-17(12-22)6-4-9-20(2)14(17)11-21/h3,5,8,14,22H,4,6-7,9-12H2,1-2H3,(H,18,23)/t14-,17-/m1/s1. The van der Waals surface area contributed by atoms with Crippen molar-refractivity contribution in [2.24, 2.45) is 5.41 Å². The van der Waals surface area contributed by atoms with Crippen LogP contribution in [0.4, 0.5) is 5.82 Å². The average molecular weight is 318 g/mol. The Hall–Kier alpha value is -1.66. The van der Waals surface area contributed by atoms with Gasteiger partial charge in [0.05, 0.1) is 12.2 Å². The summed E-state index contributed by atoms with van der Waals surface area (Å²) in [5, 5.41) is 12.7. The lowest BCUT2D eigenvalue weighted by molar-refractivity contribution is -0.0277. The molecule has 1 amide bonds. The third kappa shape index (κ3) is 2.81. The van der Waals surface area contributed by atoms with Crippen LogP contribution >= 0.6 is 0 Å². The van der Waals surface area contributed by atoms with Crippen LogP contribution in [0.5, 0.6) is 0 Å². The van der Waals surface area contributed by atoms with E-state index in [1.165, 1.54) is 0 Å². The molecule has 2 saturated heterocycles. The van der Waals surface area contributed by atoms with Crippen molar-refractivity contribution in [2.45, 2.75) is 25.3 Å². The van der Waals surface area contributed by atoms with Crippen LogP contribution in [0, 0.1) is 5.41 Å². The van der Waals surface area contributed by atoms with E-state index in [0.717, 1.165) is 44.7 Å². The fourth-order valence-corrected chi connectivity index (χ4v) is 4.17. The van der Waals surface area contributed by atoms with Gasteiger partial charge in [0.1, 0.15) is 5.82 Å². The predicted octanol–water partition coefficient (Wildman–Crippen LogP) is 0.724. The van der Waals surface area contributed by atoms with E-state index in [1.54, 1.807) is 19.3 Å². The summed E-state index contributed by atoms with van der Waals surface area (Å²) in [5.41, 5.74) is 0.607. The number of hydrogen-bond donors (Lipinski definition) is 2. The van der Waals surface area contributed by atoms with Crippen molar-refractivity contribution < 1.29 is 9.90 Å². The minimum Gasteiger partial charge on any atom is -0.396 e. The zero-order valence-corrected chi connectivity index (χ0v) is 14.0. The van der Waals surface area contributed by atoms with E-state index in [0.29, 0.717) is 11.6 Å². The average Bonchev–Trinajstić information content (AvgIpc) is 2.61. The molecule has 1 aromatic heterocycles. The zero-order valence-electron chi connectivity index (χ0n) is 14.0. The Kier molecular flexibility index (Phi) is 4.55. The number of likely N-dealkylation sites (tertiary alicyclic amines) is 1. The highest BCUT2D eigenvalue weighted by Gasteiger charge is 2.46. The summed E-state index contributed by atoms with van der Waals surface area (Å²) in [4.78, 5) is 21.1. The first kappa shape index (κ1) is 16.2. The van der Waals surface area contributed by atoms with Gasteiger partial charge in [-0.05, 0) is 45.0 Å². The number of rotatable bonds is 3. The molecule has 2 aliphatic heterocycles. The molecule has 1 aromatic rings. The lowest BCUT2D eigenvalue weighted by Crippen LogP contribution is -2.61. The summed E-state index contributed by atoms with van der Waals surface area (Å²) in [5.74, 6) is 0.640. The van der Waals surface area contributed by atoms with Crippen molar-refractivity contribution in [3.8, 4) is 0 Å². The summed E-state index contributed by atoms with van der Waals surface area (Å²) in [6.07, 6.45) is 4.89. The third-order valence-corrected chi connectivity index (χ3v) is 5.57. The smallest absolute Gasteiger partial charge is 0.254 e. The Balaban J connectivity index is 1.88. The zero-order chi connectivity index (χ0) is 16.4. The Morgan fingerprint density at radius 2 is 2.30 bits per heavy atom. The first-order valence-electron chi connectivity index (χ1n) is 8.34. The van der Waals surface area contributed by atoms with Gasteiger partial charge in [-0.3, -0.25) is 4.79 Å². The van der Waals surface area contributed by atoms with Gasteiger partial charge in [-0.1, -0.05) is 0 Å². The minimum atomic E-state index is -0.107. The fraction of sp³-hybridized carbons (Fsp3) is 0.647.